The first kappa shape index (κ1) is 11.5. The van der Waals surface area contributed by atoms with Crippen molar-refractivity contribution in [1.82, 2.24) is 0 Å². The molecule has 3 heteroatoms. The maximum Gasteiger partial charge on any atom is 0.0613 e. The van der Waals surface area contributed by atoms with Crippen LogP contribution in [0.4, 0.5) is 0 Å². The summed E-state index contributed by atoms with van der Waals surface area (Å²) in [5.74, 6) is 0. The molecule has 1 rings (SSSR count). The molecular weight excluding hydrogens is 216 g/mol. The molecule has 1 aromatic heterocycles. The molecule has 0 fully saturated rings. The quantitative estimate of drug-likeness (QED) is 0.687. The van der Waals surface area contributed by atoms with E-state index in [1.165, 1.54) is 8.42 Å². The molecule has 1 aromatic rings. The molecule has 13 heavy (non-hydrogen) atoms. The lowest BCUT2D eigenvalue weighted by atomic mass is 10.6. The first-order valence-electron chi connectivity index (χ1n) is 4.51. The van der Waals surface area contributed by atoms with Crippen LogP contribution in [0, 0.1) is 0 Å². The van der Waals surface area contributed by atoms with Crippen LogP contribution in [0.25, 0.3) is 0 Å². The van der Waals surface area contributed by atoms with Crippen LogP contribution in [0.2, 0.25) is 0 Å². The van der Waals surface area contributed by atoms with Gasteiger partial charge in [-0.05, 0) is 12.1 Å². The van der Waals surface area contributed by atoms with Gasteiger partial charge in [-0.3, -0.25) is 0 Å². The smallest absolute Gasteiger partial charge is 0.0613 e. The summed E-state index contributed by atoms with van der Waals surface area (Å²) in [5, 5.41) is 1.38. The number of thioether (sulfide) groups is 2. The summed E-state index contributed by atoms with van der Waals surface area (Å²) in [6.07, 6.45) is 0. The highest BCUT2D eigenvalue weighted by atomic mass is 32.2. The van der Waals surface area contributed by atoms with Crippen LogP contribution >= 0.6 is 34.9 Å². The molecule has 0 saturated carbocycles. The molecule has 0 nitrogen and oxygen atoms in total. The first-order chi connectivity index (χ1) is 6.08. The van der Waals surface area contributed by atoms with Crippen molar-refractivity contribution in [1.29, 1.82) is 0 Å². The zero-order valence-electron chi connectivity index (χ0n) is 8.53. The fraction of sp³-hybridized carbons (Fsp3) is 0.600. The Kier molecular flexibility index (Phi) is 4.70. The largest absolute Gasteiger partial charge is 0.122 e. The van der Waals surface area contributed by atoms with E-state index in [-0.39, 0.29) is 0 Å². The molecule has 0 aliphatic rings. The first-order valence-corrected chi connectivity index (χ1v) is 7.08. The summed E-state index contributed by atoms with van der Waals surface area (Å²) in [6, 6.07) is 4.47. The van der Waals surface area contributed by atoms with E-state index in [1.54, 1.807) is 0 Å². The average Bonchev–Trinajstić information content (AvgIpc) is 2.33. The van der Waals surface area contributed by atoms with E-state index in [4.69, 9.17) is 0 Å². The molecule has 0 aliphatic heterocycles. The van der Waals surface area contributed by atoms with Gasteiger partial charge in [0.2, 0.25) is 0 Å². The van der Waals surface area contributed by atoms with Crippen molar-refractivity contribution in [2.24, 2.45) is 0 Å². The van der Waals surface area contributed by atoms with Gasteiger partial charge in [-0.2, -0.15) is 0 Å². The molecule has 0 atom stereocenters. The lowest BCUT2D eigenvalue weighted by molar-refractivity contribution is 1.11. The van der Waals surface area contributed by atoms with E-state index in [1.807, 2.05) is 34.9 Å². The molecule has 0 aliphatic carbocycles. The van der Waals surface area contributed by atoms with E-state index in [9.17, 15) is 0 Å². The van der Waals surface area contributed by atoms with Crippen LogP contribution in [0.1, 0.15) is 27.7 Å². The second-order valence-corrected chi connectivity index (χ2v) is 8.24. The zero-order chi connectivity index (χ0) is 9.84. The lowest BCUT2D eigenvalue weighted by Gasteiger charge is -2.01. The van der Waals surface area contributed by atoms with Gasteiger partial charge in [0.15, 0.2) is 0 Å². The molecule has 0 aromatic carbocycles. The molecule has 0 radical (unpaired) electrons. The van der Waals surface area contributed by atoms with Gasteiger partial charge < -0.3 is 0 Å². The SMILES string of the molecule is CC(C)Sc1ccc(SC(C)C)s1. The second kappa shape index (κ2) is 5.32. The van der Waals surface area contributed by atoms with Crippen molar-refractivity contribution in [3.8, 4) is 0 Å². The van der Waals surface area contributed by atoms with E-state index < -0.39 is 0 Å². The van der Waals surface area contributed by atoms with E-state index in [0.717, 1.165) is 0 Å². The van der Waals surface area contributed by atoms with Crippen molar-refractivity contribution in [2.45, 2.75) is 46.6 Å². The number of hydrogen-bond donors (Lipinski definition) is 0. The Bertz CT molecular complexity index is 226. The van der Waals surface area contributed by atoms with E-state index in [2.05, 4.69) is 39.8 Å². The topological polar surface area (TPSA) is 0 Å². The van der Waals surface area contributed by atoms with Gasteiger partial charge in [-0.25, -0.2) is 0 Å². The minimum atomic E-state index is 0.690. The van der Waals surface area contributed by atoms with Crippen molar-refractivity contribution < 1.29 is 0 Å². The molecule has 0 spiro atoms. The maximum absolute atomic E-state index is 2.24. The van der Waals surface area contributed by atoms with Crippen molar-refractivity contribution >= 4 is 34.9 Å². The average molecular weight is 232 g/mol. The van der Waals surface area contributed by atoms with E-state index >= 15 is 0 Å². The van der Waals surface area contributed by atoms with Gasteiger partial charge in [0.1, 0.15) is 0 Å². The van der Waals surface area contributed by atoms with Gasteiger partial charge >= 0.3 is 0 Å². The summed E-state index contributed by atoms with van der Waals surface area (Å²) in [4.78, 5) is 0. The fourth-order valence-electron chi connectivity index (χ4n) is 0.895. The normalized spacial score (nSPS) is 11.5. The number of thiophene rings is 1. The number of hydrogen-bond acceptors (Lipinski definition) is 3. The van der Waals surface area contributed by atoms with Crippen LogP contribution in [0.15, 0.2) is 20.6 Å². The van der Waals surface area contributed by atoms with Crippen LogP contribution < -0.4 is 0 Å². The fourth-order valence-corrected chi connectivity index (χ4v) is 4.82. The predicted octanol–water partition coefficient (Wildman–Crippen LogP) is 4.75. The van der Waals surface area contributed by atoms with Crippen LogP contribution in [0.5, 0.6) is 0 Å². The Labute approximate surface area is 93.5 Å². The highest BCUT2D eigenvalue weighted by molar-refractivity contribution is 8.04. The monoisotopic (exact) mass is 232 g/mol. The summed E-state index contributed by atoms with van der Waals surface area (Å²) in [5.41, 5.74) is 0. The summed E-state index contributed by atoms with van der Waals surface area (Å²) >= 11 is 5.82. The van der Waals surface area contributed by atoms with Gasteiger partial charge in [-0.1, -0.05) is 27.7 Å². The van der Waals surface area contributed by atoms with Crippen LogP contribution in [-0.2, 0) is 0 Å². The summed E-state index contributed by atoms with van der Waals surface area (Å²) in [7, 11) is 0. The highest BCUT2D eigenvalue weighted by Crippen LogP contribution is 2.36. The summed E-state index contributed by atoms with van der Waals surface area (Å²) < 4.78 is 2.89. The lowest BCUT2D eigenvalue weighted by Crippen LogP contribution is -1.82. The molecule has 0 amide bonds. The van der Waals surface area contributed by atoms with Crippen LogP contribution in [-0.4, -0.2) is 10.5 Å². The molecular formula is C10H16S3. The minimum Gasteiger partial charge on any atom is -0.122 e. The van der Waals surface area contributed by atoms with Gasteiger partial charge in [0, 0.05) is 10.5 Å². The standard InChI is InChI=1S/C10H16S3/c1-7(2)11-9-5-6-10(13-9)12-8(3)4/h5-8H,1-4H3. The molecule has 0 saturated heterocycles. The van der Waals surface area contributed by atoms with E-state index in [0.29, 0.717) is 10.5 Å². The predicted molar refractivity (Wildman–Crippen MR) is 66.3 cm³/mol. The van der Waals surface area contributed by atoms with Gasteiger partial charge in [-0.15, -0.1) is 34.9 Å². The number of rotatable bonds is 4. The maximum atomic E-state index is 2.24. The van der Waals surface area contributed by atoms with Crippen molar-refractivity contribution in [3.05, 3.63) is 12.1 Å². The van der Waals surface area contributed by atoms with Gasteiger partial charge in [0.25, 0.3) is 0 Å². The van der Waals surface area contributed by atoms with Crippen LogP contribution in [0.3, 0.4) is 0 Å². The Morgan fingerprint density at radius 3 is 1.62 bits per heavy atom. The summed E-state index contributed by atoms with van der Waals surface area (Å²) in [6.45, 7) is 8.94. The zero-order valence-corrected chi connectivity index (χ0v) is 11.0. The van der Waals surface area contributed by atoms with Gasteiger partial charge in [0.05, 0.1) is 8.42 Å². The third kappa shape index (κ3) is 4.43. The third-order valence-electron chi connectivity index (χ3n) is 1.26. The Hall–Kier alpha value is 0.400. The van der Waals surface area contributed by atoms with Crippen molar-refractivity contribution in [3.63, 3.8) is 0 Å². The second-order valence-electron chi connectivity index (χ2n) is 3.41. The van der Waals surface area contributed by atoms with Crippen molar-refractivity contribution in [2.75, 3.05) is 0 Å². The Morgan fingerprint density at radius 2 is 1.31 bits per heavy atom. The molecule has 0 bridgehead atoms. The molecule has 74 valence electrons. The molecule has 1 heterocycles. The molecule has 0 unspecified atom stereocenters. The highest BCUT2D eigenvalue weighted by Gasteiger charge is 2.04. The minimum absolute atomic E-state index is 0.690. The molecule has 0 N–H and O–H groups in total. The Morgan fingerprint density at radius 1 is 0.923 bits per heavy atom. The third-order valence-corrected chi connectivity index (χ3v) is 4.69. The Balaban J connectivity index is 2.53.